The van der Waals surface area contributed by atoms with Gasteiger partial charge in [-0.2, -0.15) is 0 Å². The largest absolute Gasteiger partial charge is 0.352 e. The molecule has 2 amide bonds. The van der Waals surface area contributed by atoms with Crippen LogP contribution in [0.1, 0.15) is 35.1 Å². The standard InChI is InChI=1S/C27H27FN2O2/c1-19-2-4-22(5-3-19)18-30(27(32)23-10-11-23)25-14-8-20(9-15-25)16-26(31)29-17-21-6-12-24(28)13-7-21/h2-9,12-15,23H,10-11,16-18H2,1H3,(H,29,31). The molecule has 1 N–H and O–H groups in total. The number of carbonyl (C=O) groups excluding carboxylic acids is 2. The first-order valence-electron chi connectivity index (χ1n) is 10.9. The molecule has 0 aliphatic heterocycles. The molecule has 0 radical (unpaired) electrons. The summed E-state index contributed by atoms with van der Waals surface area (Å²) in [6.45, 7) is 2.94. The van der Waals surface area contributed by atoms with Crippen molar-refractivity contribution in [3.05, 3.63) is 101 Å². The van der Waals surface area contributed by atoms with Crippen molar-refractivity contribution in [3.8, 4) is 0 Å². The molecule has 0 atom stereocenters. The molecule has 0 saturated heterocycles. The van der Waals surface area contributed by atoms with Crippen molar-refractivity contribution in [2.24, 2.45) is 5.92 Å². The van der Waals surface area contributed by atoms with E-state index in [-0.39, 0.29) is 30.0 Å². The summed E-state index contributed by atoms with van der Waals surface area (Å²) in [5.41, 5.74) is 4.85. The van der Waals surface area contributed by atoms with Gasteiger partial charge in [-0.05, 0) is 60.7 Å². The Morgan fingerprint density at radius 3 is 2.09 bits per heavy atom. The first kappa shape index (κ1) is 21.8. The molecule has 1 aliphatic rings. The Kier molecular flexibility index (Phi) is 6.64. The van der Waals surface area contributed by atoms with Gasteiger partial charge in [0.15, 0.2) is 0 Å². The minimum Gasteiger partial charge on any atom is -0.352 e. The highest BCUT2D eigenvalue weighted by molar-refractivity contribution is 5.96. The Hall–Kier alpha value is -3.47. The lowest BCUT2D eigenvalue weighted by Gasteiger charge is -2.23. The fraction of sp³-hybridized carbons (Fsp3) is 0.259. The van der Waals surface area contributed by atoms with E-state index in [2.05, 4.69) is 29.6 Å². The molecular weight excluding hydrogens is 403 g/mol. The molecule has 0 bridgehead atoms. The zero-order valence-electron chi connectivity index (χ0n) is 18.2. The highest BCUT2D eigenvalue weighted by Crippen LogP contribution is 2.33. The van der Waals surface area contributed by atoms with Crippen LogP contribution in [0.3, 0.4) is 0 Å². The second kappa shape index (κ2) is 9.77. The summed E-state index contributed by atoms with van der Waals surface area (Å²) >= 11 is 0. The average molecular weight is 431 g/mol. The number of halogens is 1. The lowest BCUT2D eigenvalue weighted by Crippen LogP contribution is -2.31. The van der Waals surface area contributed by atoms with Gasteiger partial charge in [0.2, 0.25) is 11.8 Å². The third kappa shape index (κ3) is 5.82. The normalized spacial score (nSPS) is 12.9. The van der Waals surface area contributed by atoms with E-state index in [1.807, 2.05) is 36.1 Å². The fourth-order valence-electron chi connectivity index (χ4n) is 3.57. The van der Waals surface area contributed by atoms with Gasteiger partial charge < -0.3 is 10.2 Å². The first-order valence-corrected chi connectivity index (χ1v) is 10.9. The molecule has 0 spiro atoms. The van der Waals surface area contributed by atoms with Crippen molar-refractivity contribution in [1.29, 1.82) is 0 Å². The topological polar surface area (TPSA) is 49.4 Å². The summed E-state index contributed by atoms with van der Waals surface area (Å²) in [6.07, 6.45) is 2.15. The first-order chi connectivity index (χ1) is 15.5. The number of aryl methyl sites for hydroxylation is 1. The van der Waals surface area contributed by atoms with Crippen LogP contribution in [-0.2, 0) is 29.1 Å². The summed E-state index contributed by atoms with van der Waals surface area (Å²) in [5, 5.41) is 2.86. The predicted molar refractivity (Wildman–Crippen MR) is 123 cm³/mol. The average Bonchev–Trinajstić information content (AvgIpc) is 3.64. The van der Waals surface area contributed by atoms with Crippen LogP contribution in [0.5, 0.6) is 0 Å². The second-order valence-corrected chi connectivity index (χ2v) is 8.43. The Labute approximate surface area is 188 Å². The number of amides is 2. The number of anilines is 1. The summed E-state index contributed by atoms with van der Waals surface area (Å²) in [4.78, 5) is 27.1. The van der Waals surface area contributed by atoms with Crippen molar-refractivity contribution in [1.82, 2.24) is 5.32 Å². The van der Waals surface area contributed by atoms with Crippen LogP contribution in [0.2, 0.25) is 0 Å². The van der Waals surface area contributed by atoms with E-state index in [0.29, 0.717) is 13.1 Å². The van der Waals surface area contributed by atoms with Crippen molar-refractivity contribution < 1.29 is 14.0 Å². The van der Waals surface area contributed by atoms with Crippen molar-refractivity contribution in [2.45, 2.75) is 39.3 Å². The number of hydrogen-bond donors (Lipinski definition) is 1. The van der Waals surface area contributed by atoms with Crippen LogP contribution < -0.4 is 10.2 Å². The van der Waals surface area contributed by atoms with Gasteiger partial charge in [0.25, 0.3) is 0 Å². The molecule has 4 nitrogen and oxygen atoms in total. The molecule has 32 heavy (non-hydrogen) atoms. The number of carbonyl (C=O) groups is 2. The molecule has 1 aliphatic carbocycles. The number of nitrogens with zero attached hydrogens (tertiary/aromatic N) is 1. The molecule has 4 rings (SSSR count). The van der Waals surface area contributed by atoms with Crippen LogP contribution in [-0.4, -0.2) is 11.8 Å². The fourth-order valence-corrected chi connectivity index (χ4v) is 3.57. The maximum absolute atomic E-state index is 13.0. The van der Waals surface area contributed by atoms with Crippen LogP contribution in [0.4, 0.5) is 10.1 Å². The van der Waals surface area contributed by atoms with E-state index in [4.69, 9.17) is 0 Å². The molecular formula is C27H27FN2O2. The zero-order chi connectivity index (χ0) is 22.5. The third-order valence-electron chi connectivity index (χ3n) is 5.67. The van der Waals surface area contributed by atoms with Gasteiger partial charge in [0.1, 0.15) is 5.82 Å². The van der Waals surface area contributed by atoms with Crippen molar-refractivity contribution in [2.75, 3.05) is 4.90 Å². The van der Waals surface area contributed by atoms with E-state index in [1.165, 1.54) is 17.7 Å². The van der Waals surface area contributed by atoms with Gasteiger partial charge in [0, 0.05) is 18.2 Å². The monoisotopic (exact) mass is 430 g/mol. The number of rotatable bonds is 8. The van der Waals surface area contributed by atoms with Crippen molar-refractivity contribution >= 4 is 17.5 Å². The predicted octanol–water partition coefficient (Wildman–Crippen LogP) is 4.94. The Balaban J connectivity index is 1.39. The summed E-state index contributed by atoms with van der Waals surface area (Å²) in [5.74, 6) is -0.114. The SMILES string of the molecule is Cc1ccc(CN(C(=O)C2CC2)c2ccc(CC(=O)NCc3ccc(F)cc3)cc2)cc1. The summed E-state index contributed by atoms with van der Waals surface area (Å²) in [6, 6.07) is 21.9. The molecule has 3 aromatic rings. The molecule has 164 valence electrons. The van der Waals surface area contributed by atoms with Crippen molar-refractivity contribution in [3.63, 3.8) is 0 Å². The highest BCUT2D eigenvalue weighted by atomic mass is 19.1. The van der Waals surface area contributed by atoms with Gasteiger partial charge in [-0.15, -0.1) is 0 Å². The highest BCUT2D eigenvalue weighted by Gasteiger charge is 2.34. The molecule has 0 aromatic heterocycles. The van der Waals surface area contributed by atoms with Gasteiger partial charge in [0.05, 0.1) is 13.0 Å². The summed E-state index contributed by atoms with van der Waals surface area (Å²) < 4.78 is 13.0. The van der Waals surface area contributed by atoms with E-state index in [9.17, 15) is 14.0 Å². The number of benzene rings is 3. The smallest absolute Gasteiger partial charge is 0.230 e. The van der Waals surface area contributed by atoms with E-state index in [0.717, 1.165) is 35.2 Å². The third-order valence-corrected chi connectivity index (χ3v) is 5.67. The van der Waals surface area contributed by atoms with Gasteiger partial charge in [-0.25, -0.2) is 4.39 Å². The molecule has 1 saturated carbocycles. The van der Waals surface area contributed by atoms with Gasteiger partial charge in [-0.1, -0.05) is 54.1 Å². The minimum atomic E-state index is -0.295. The maximum Gasteiger partial charge on any atom is 0.230 e. The minimum absolute atomic E-state index is 0.104. The van der Waals surface area contributed by atoms with Crippen LogP contribution in [0, 0.1) is 18.7 Å². The molecule has 0 unspecified atom stereocenters. The lowest BCUT2D eigenvalue weighted by molar-refractivity contribution is -0.121. The lowest BCUT2D eigenvalue weighted by atomic mass is 10.1. The maximum atomic E-state index is 13.0. The van der Waals surface area contributed by atoms with E-state index < -0.39 is 0 Å². The molecule has 0 heterocycles. The van der Waals surface area contributed by atoms with Gasteiger partial charge >= 0.3 is 0 Å². The molecule has 3 aromatic carbocycles. The Bertz CT molecular complexity index is 1070. The Morgan fingerprint density at radius 1 is 0.875 bits per heavy atom. The van der Waals surface area contributed by atoms with E-state index >= 15 is 0 Å². The molecule has 1 fully saturated rings. The number of nitrogens with one attached hydrogen (secondary N) is 1. The Morgan fingerprint density at radius 2 is 1.47 bits per heavy atom. The quantitative estimate of drug-likeness (QED) is 0.551. The van der Waals surface area contributed by atoms with Crippen LogP contribution in [0.15, 0.2) is 72.8 Å². The van der Waals surface area contributed by atoms with E-state index in [1.54, 1.807) is 12.1 Å². The number of hydrogen-bond acceptors (Lipinski definition) is 2. The van der Waals surface area contributed by atoms with Crippen LogP contribution >= 0.6 is 0 Å². The van der Waals surface area contributed by atoms with Gasteiger partial charge in [-0.3, -0.25) is 9.59 Å². The van der Waals surface area contributed by atoms with Crippen LogP contribution in [0.25, 0.3) is 0 Å². The second-order valence-electron chi connectivity index (χ2n) is 8.43. The summed E-state index contributed by atoms with van der Waals surface area (Å²) in [7, 11) is 0. The zero-order valence-corrected chi connectivity index (χ0v) is 18.2. The molecule has 5 heteroatoms.